The van der Waals surface area contributed by atoms with Gasteiger partial charge in [-0.05, 0) is 40.0 Å². The van der Waals surface area contributed by atoms with Crippen molar-refractivity contribution < 1.29 is 14.3 Å². The summed E-state index contributed by atoms with van der Waals surface area (Å²) in [5.41, 5.74) is 1.82. The molecule has 0 spiro atoms. The summed E-state index contributed by atoms with van der Waals surface area (Å²) in [6.45, 7) is 7.56. The van der Waals surface area contributed by atoms with Crippen LogP contribution in [0.2, 0.25) is 0 Å². The van der Waals surface area contributed by atoms with Crippen molar-refractivity contribution in [2.45, 2.75) is 51.7 Å². The summed E-state index contributed by atoms with van der Waals surface area (Å²) in [4.78, 5) is 28.2. The zero-order chi connectivity index (χ0) is 18.9. The van der Waals surface area contributed by atoms with Crippen molar-refractivity contribution in [3.63, 3.8) is 0 Å². The van der Waals surface area contributed by atoms with E-state index in [-0.39, 0.29) is 18.2 Å². The number of rotatable bonds is 1. The van der Waals surface area contributed by atoms with E-state index < -0.39 is 5.60 Å². The summed E-state index contributed by atoms with van der Waals surface area (Å²) >= 11 is 0. The maximum atomic E-state index is 12.6. The van der Waals surface area contributed by atoms with Crippen molar-refractivity contribution in [3.05, 3.63) is 17.5 Å². The van der Waals surface area contributed by atoms with E-state index in [9.17, 15) is 9.59 Å². The largest absolute Gasteiger partial charge is 0.444 e. The van der Waals surface area contributed by atoms with E-state index in [0.29, 0.717) is 26.2 Å². The van der Waals surface area contributed by atoms with E-state index in [1.165, 1.54) is 5.69 Å². The first-order valence-corrected chi connectivity index (χ1v) is 9.29. The minimum absolute atomic E-state index is 0.0174. The minimum Gasteiger partial charge on any atom is -0.444 e. The third kappa shape index (κ3) is 4.11. The van der Waals surface area contributed by atoms with Crippen LogP contribution in [0.1, 0.15) is 50.9 Å². The molecule has 1 aliphatic heterocycles. The summed E-state index contributed by atoms with van der Waals surface area (Å²) in [5, 5.41) is 7.46. The number of fused-ring (bicyclic) bond motifs is 1. The number of hydrogen-bond donors (Lipinski definition) is 1. The molecule has 0 saturated carbocycles. The second kappa shape index (κ2) is 7.17. The van der Waals surface area contributed by atoms with Crippen molar-refractivity contribution >= 4 is 12.1 Å². The standard InChI is InChI=1S/C18H29N5O3/c1-18(2,3)26-17(25)23-10-8-22(9-11-23)16(24)20-14-6-5-7-15-13(14)12-19-21(15)4/h12,14H,5-11H2,1-4H3,(H,20,24). The van der Waals surface area contributed by atoms with Gasteiger partial charge in [0.2, 0.25) is 0 Å². The Balaban J connectivity index is 1.53. The lowest BCUT2D eigenvalue weighted by atomic mass is 9.93. The van der Waals surface area contributed by atoms with Crippen molar-refractivity contribution in [1.82, 2.24) is 24.9 Å². The first-order chi connectivity index (χ1) is 12.2. The number of aryl methyl sites for hydroxylation is 1. The van der Waals surface area contributed by atoms with E-state index in [0.717, 1.165) is 24.8 Å². The molecule has 26 heavy (non-hydrogen) atoms. The van der Waals surface area contributed by atoms with Crippen LogP contribution in [-0.4, -0.2) is 63.5 Å². The van der Waals surface area contributed by atoms with Crippen LogP contribution in [0.5, 0.6) is 0 Å². The molecule has 3 amide bonds. The lowest BCUT2D eigenvalue weighted by Gasteiger charge is -2.36. The third-order valence-corrected chi connectivity index (χ3v) is 4.89. The fraction of sp³-hybridized carbons (Fsp3) is 0.722. The number of amides is 3. The SMILES string of the molecule is Cn1ncc2c1CCCC2NC(=O)N1CCN(C(=O)OC(C)(C)C)CC1. The highest BCUT2D eigenvalue weighted by molar-refractivity contribution is 5.75. The third-order valence-electron chi connectivity index (χ3n) is 4.89. The van der Waals surface area contributed by atoms with Gasteiger partial charge in [0.1, 0.15) is 5.60 Å². The van der Waals surface area contributed by atoms with Gasteiger partial charge in [0, 0.05) is 44.5 Å². The second-order valence-electron chi connectivity index (χ2n) is 8.02. The molecular weight excluding hydrogens is 334 g/mol. The van der Waals surface area contributed by atoms with E-state index in [1.807, 2.05) is 38.7 Å². The molecule has 1 aromatic rings. The van der Waals surface area contributed by atoms with Gasteiger partial charge in [-0.3, -0.25) is 4.68 Å². The molecule has 1 aliphatic carbocycles. The maximum Gasteiger partial charge on any atom is 0.410 e. The molecule has 3 rings (SSSR count). The number of nitrogens with one attached hydrogen (secondary N) is 1. The fourth-order valence-corrected chi connectivity index (χ4v) is 3.52. The van der Waals surface area contributed by atoms with Crippen LogP contribution in [0.4, 0.5) is 9.59 Å². The quantitative estimate of drug-likeness (QED) is 0.828. The number of nitrogens with zero attached hydrogens (tertiary/aromatic N) is 4. The zero-order valence-electron chi connectivity index (χ0n) is 16.1. The van der Waals surface area contributed by atoms with E-state index in [4.69, 9.17) is 4.74 Å². The van der Waals surface area contributed by atoms with Gasteiger partial charge in [-0.2, -0.15) is 5.10 Å². The smallest absolute Gasteiger partial charge is 0.410 e. The summed E-state index contributed by atoms with van der Waals surface area (Å²) in [6.07, 6.45) is 4.53. The Hall–Kier alpha value is -2.25. The summed E-state index contributed by atoms with van der Waals surface area (Å²) < 4.78 is 7.29. The Labute approximate surface area is 154 Å². The predicted molar refractivity (Wildman–Crippen MR) is 96.8 cm³/mol. The molecule has 2 heterocycles. The number of carbonyl (C=O) groups is 2. The van der Waals surface area contributed by atoms with Gasteiger partial charge >= 0.3 is 12.1 Å². The summed E-state index contributed by atoms with van der Waals surface area (Å²) in [5.74, 6) is 0. The van der Waals surface area contributed by atoms with Crippen molar-refractivity contribution in [2.75, 3.05) is 26.2 Å². The van der Waals surface area contributed by atoms with Crippen LogP contribution in [0.15, 0.2) is 6.20 Å². The Bertz CT molecular complexity index is 671. The molecule has 2 aliphatic rings. The molecule has 1 unspecified atom stereocenters. The van der Waals surface area contributed by atoms with E-state index >= 15 is 0 Å². The number of ether oxygens (including phenoxy) is 1. The molecule has 1 N–H and O–H groups in total. The minimum atomic E-state index is -0.506. The number of aromatic nitrogens is 2. The van der Waals surface area contributed by atoms with Gasteiger partial charge in [-0.25, -0.2) is 9.59 Å². The lowest BCUT2D eigenvalue weighted by molar-refractivity contribution is 0.0169. The highest BCUT2D eigenvalue weighted by atomic mass is 16.6. The molecule has 0 radical (unpaired) electrons. The fourth-order valence-electron chi connectivity index (χ4n) is 3.52. The molecule has 0 aromatic carbocycles. The molecule has 144 valence electrons. The van der Waals surface area contributed by atoms with Gasteiger partial charge in [0.15, 0.2) is 0 Å². The molecule has 1 atom stereocenters. The summed E-state index contributed by atoms with van der Waals surface area (Å²) in [6, 6.07) is -0.0561. The molecule has 1 saturated heterocycles. The Morgan fingerprint density at radius 3 is 2.50 bits per heavy atom. The van der Waals surface area contributed by atoms with Crippen LogP contribution in [0, 0.1) is 0 Å². The normalized spacial score (nSPS) is 20.5. The maximum absolute atomic E-state index is 12.6. The lowest BCUT2D eigenvalue weighted by Crippen LogP contribution is -2.54. The Morgan fingerprint density at radius 2 is 1.85 bits per heavy atom. The van der Waals surface area contributed by atoms with Gasteiger partial charge in [0.05, 0.1) is 12.2 Å². The van der Waals surface area contributed by atoms with Crippen molar-refractivity contribution in [2.24, 2.45) is 7.05 Å². The average molecular weight is 363 g/mol. The second-order valence-corrected chi connectivity index (χ2v) is 8.02. The van der Waals surface area contributed by atoms with E-state index in [2.05, 4.69) is 10.4 Å². The number of hydrogen-bond acceptors (Lipinski definition) is 4. The van der Waals surface area contributed by atoms with Crippen molar-refractivity contribution in [3.8, 4) is 0 Å². The number of urea groups is 1. The van der Waals surface area contributed by atoms with Crippen LogP contribution in [0.3, 0.4) is 0 Å². The Kier molecular flexibility index (Phi) is 5.11. The highest BCUT2D eigenvalue weighted by Gasteiger charge is 2.30. The molecule has 8 heteroatoms. The van der Waals surface area contributed by atoms with Crippen LogP contribution < -0.4 is 5.32 Å². The molecule has 8 nitrogen and oxygen atoms in total. The van der Waals surface area contributed by atoms with Gasteiger partial charge in [-0.1, -0.05) is 0 Å². The van der Waals surface area contributed by atoms with Gasteiger partial charge < -0.3 is 19.9 Å². The van der Waals surface area contributed by atoms with Crippen LogP contribution >= 0.6 is 0 Å². The van der Waals surface area contributed by atoms with Crippen molar-refractivity contribution in [1.29, 1.82) is 0 Å². The predicted octanol–water partition coefficient (Wildman–Crippen LogP) is 2.06. The molecule has 0 bridgehead atoms. The first kappa shape index (κ1) is 18.5. The molecular formula is C18H29N5O3. The highest BCUT2D eigenvalue weighted by Crippen LogP contribution is 2.29. The Morgan fingerprint density at radius 1 is 1.19 bits per heavy atom. The molecule has 1 aromatic heterocycles. The first-order valence-electron chi connectivity index (χ1n) is 9.29. The van der Waals surface area contributed by atoms with Crippen LogP contribution in [0.25, 0.3) is 0 Å². The average Bonchev–Trinajstić information content (AvgIpc) is 2.96. The summed E-state index contributed by atoms with van der Waals surface area (Å²) in [7, 11) is 1.94. The monoisotopic (exact) mass is 363 g/mol. The number of piperazine rings is 1. The molecule has 1 fully saturated rings. The number of carbonyl (C=O) groups excluding carboxylic acids is 2. The van der Waals surface area contributed by atoms with E-state index in [1.54, 1.807) is 9.80 Å². The van der Waals surface area contributed by atoms with Crippen LogP contribution in [-0.2, 0) is 18.2 Å². The van der Waals surface area contributed by atoms with Gasteiger partial charge in [-0.15, -0.1) is 0 Å². The van der Waals surface area contributed by atoms with Gasteiger partial charge in [0.25, 0.3) is 0 Å². The zero-order valence-corrected chi connectivity index (χ0v) is 16.1. The topological polar surface area (TPSA) is 79.7 Å².